The number of hydrogen-bond donors (Lipinski definition) is 2. The number of carbonyl (C=O) groups is 3. The predicted molar refractivity (Wildman–Crippen MR) is 84.9 cm³/mol. The van der Waals surface area contributed by atoms with Gasteiger partial charge in [-0.3, -0.25) is 9.59 Å². The number of carboxylic acid groups (broad SMARTS) is 1. The van der Waals surface area contributed by atoms with Gasteiger partial charge < -0.3 is 20.2 Å². The number of piperidine rings is 1. The summed E-state index contributed by atoms with van der Waals surface area (Å²) in [6.45, 7) is 7.12. The highest BCUT2D eigenvalue weighted by atomic mass is 16.4. The second-order valence-corrected chi connectivity index (χ2v) is 7.07. The first-order valence-corrected chi connectivity index (χ1v) is 8.38. The molecule has 7 nitrogen and oxygen atoms in total. The van der Waals surface area contributed by atoms with Crippen molar-refractivity contribution in [1.29, 1.82) is 0 Å². The second-order valence-electron chi connectivity index (χ2n) is 7.07. The maximum Gasteiger partial charge on any atom is 0.318 e. The van der Waals surface area contributed by atoms with Crippen molar-refractivity contribution in [2.45, 2.75) is 52.1 Å². The summed E-state index contributed by atoms with van der Waals surface area (Å²) in [5.74, 6) is -1.32. The number of likely N-dealkylation sites (tertiary alicyclic amines) is 2. The average Bonchev–Trinajstić information content (AvgIpc) is 2.94. The van der Waals surface area contributed by atoms with Crippen LogP contribution in [0.25, 0.3) is 0 Å². The summed E-state index contributed by atoms with van der Waals surface area (Å²) >= 11 is 0. The molecule has 2 saturated heterocycles. The van der Waals surface area contributed by atoms with Crippen LogP contribution in [-0.2, 0) is 9.59 Å². The summed E-state index contributed by atoms with van der Waals surface area (Å²) in [4.78, 5) is 39.6. The lowest BCUT2D eigenvalue weighted by atomic mass is 9.90. The smallest absolute Gasteiger partial charge is 0.318 e. The highest BCUT2D eigenvalue weighted by Crippen LogP contribution is 2.26. The van der Waals surface area contributed by atoms with Crippen molar-refractivity contribution in [1.82, 2.24) is 15.1 Å². The second kappa shape index (κ2) is 7.19. The first-order valence-electron chi connectivity index (χ1n) is 8.38. The quantitative estimate of drug-likeness (QED) is 0.814. The van der Waals surface area contributed by atoms with Gasteiger partial charge in [0.1, 0.15) is 6.04 Å². The van der Waals surface area contributed by atoms with Crippen molar-refractivity contribution in [2.24, 2.45) is 11.8 Å². The molecule has 130 valence electrons. The fourth-order valence-corrected chi connectivity index (χ4v) is 3.52. The molecular formula is C16H27N3O4. The third-order valence-electron chi connectivity index (χ3n) is 4.53. The topological polar surface area (TPSA) is 90.0 Å². The molecule has 3 atom stereocenters. The maximum absolute atomic E-state index is 12.8. The summed E-state index contributed by atoms with van der Waals surface area (Å²) in [7, 11) is 0. The van der Waals surface area contributed by atoms with Crippen LogP contribution in [0.5, 0.6) is 0 Å². The fourth-order valence-electron chi connectivity index (χ4n) is 3.52. The van der Waals surface area contributed by atoms with Crippen LogP contribution < -0.4 is 5.32 Å². The summed E-state index contributed by atoms with van der Waals surface area (Å²) < 4.78 is 0. The Bertz CT molecular complexity index is 480. The van der Waals surface area contributed by atoms with Gasteiger partial charge in [0, 0.05) is 25.7 Å². The summed E-state index contributed by atoms with van der Waals surface area (Å²) in [6.07, 6.45) is 2.04. The molecule has 2 unspecified atom stereocenters. The highest BCUT2D eigenvalue weighted by molar-refractivity contribution is 5.88. The molecule has 2 aliphatic rings. The van der Waals surface area contributed by atoms with Gasteiger partial charge in [-0.1, -0.05) is 6.92 Å². The standard InChI is InChI=1S/C16H27N3O4/c1-10(2)17-16(23)19-6-4-5-13(19)14(20)18-8-11(3)7-12(9-18)15(21)22/h10-13H,4-9H2,1-3H3,(H,17,23)(H,21,22)/t11?,12?,13-/m0/s1. The molecule has 2 heterocycles. The molecule has 0 bridgehead atoms. The van der Waals surface area contributed by atoms with Crippen LogP contribution in [-0.4, -0.2) is 64.5 Å². The van der Waals surface area contributed by atoms with Gasteiger partial charge in [-0.2, -0.15) is 0 Å². The minimum atomic E-state index is -0.852. The number of carbonyl (C=O) groups excluding carboxylic acids is 2. The molecule has 0 aromatic heterocycles. The van der Waals surface area contributed by atoms with Gasteiger partial charge >= 0.3 is 12.0 Å². The Hall–Kier alpha value is -1.79. The Labute approximate surface area is 137 Å². The maximum atomic E-state index is 12.8. The number of amides is 3. The van der Waals surface area contributed by atoms with Gasteiger partial charge in [0.15, 0.2) is 0 Å². The molecule has 2 rings (SSSR count). The molecule has 0 aliphatic carbocycles. The Morgan fingerprint density at radius 2 is 1.91 bits per heavy atom. The zero-order valence-corrected chi connectivity index (χ0v) is 14.1. The SMILES string of the molecule is CC1CC(C(=O)O)CN(C(=O)[C@@H]2CCCN2C(=O)NC(C)C)C1. The molecule has 2 N–H and O–H groups in total. The van der Waals surface area contributed by atoms with Gasteiger partial charge in [-0.15, -0.1) is 0 Å². The normalized spacial score (nSPS) is 28.1. The van der Waals surface area contributed by atoms with E-state index >= 15 is 0 Å². The first-order chi connectivity index (χ1) is 10.8. The monoisotopic (exact) mass is 325 g/mol. The van der Waals surface area contributed by atoms with E-state index in [-0.39, 0.29) is 30.4 Å². The molecule has 0 radical (unpaired) electrons. The van der Waals surface area contributed by atoms with Gasteiger partial charge in [-0.05, 0) is 39.0 Å². The minimum absolute atomic E-state index is 0.0188. The van der Waals surface area contributed by atoms with Gasteiger partial charge in [0.25, 0.3) is 0 Å². The van der Waals surface area contributed by atoms with Gasteiger partial charge in [0.2, 0.25) is 5.91 Å². The van der Waals surface area contributed by atoms with E-state index in [1.54, 1.807) is 9.80 Å². The van der Waals surface area contributed by atoms with Crippen LogP contribution in [0.3, 0.4) is 0 Å². The number of urea groups is 1. The van der Waals surface area contributed by atoms with E-state index < -0.39 is 17.9 Å². The number of rotatable bonds is 3. The minimum Gasteiger partial charge on any atom is -0.481 e. The van der Waals surface area contributed by atoms with Crippen molar-refractivity contribution in [2.75, 3.05) is 19.6 Å². The van der Waals surface area contributed by atoms with E-state index in [2.05, 4.69) is 5.32 Å². The zero-order valence-electron chi connectivity index (χ0n) is 14.1. The van der Waals surface area contributed by atoms with E-state index in [9.17, 15) is 19.5 Å². The van der Waals surface area contributed by atoms with Crippen molar-refractivity contribution in [3.8, 4) is 0 Å². The summed E-state index contributed by atoms with van der Waals surface area (Å²) in [6, 6.07) is -0.658. The number of nitrogens with one attached hydrogen (secondary N) is 1. The number of aliphatic carboxylic acids is 1. The summed E-state index contributed by atoms with van der Waals surface area (Å²) in [5.41, 5.74) is 0. The van der Waals surface area contributed by atoms with E-state index in [0.717, 1.165) is 6.42 Å². The van der Waals surface area contributed by atoms with Gasteiger partial charge in [-0.25, -0.2) is 4.79 Å². The van der Waals surface area contributed by atoms with Gasteiger partial charge in [0.05, 0.1) is 5.92 Å². The van der Waals surface area contributed by atoms with Crippen LogP contribution in [0.1, 0.15) is 40.0 Å². The largest absolute Gasteiger partial charge is 0.481 e. The Balaban J connectivity index is 2.05. The molecule has 0 aromatic carbocycles. The van der Waals surface area contributed by atoms with Crippen molar-refractivity contribution < 1.29 is 19.5 Å². The third kappa shape index (κ3) is 4.14. The van der Waals surface area contributed by atoms with Crippen LogP contribution in [0.15, 0.2) is 0 Å². The lowest BCUT2D eigenvalue weighted by Gasteiger charge is -2.37. The van der Waals surface area contributed by atoms with Crippen LogP contribution in [0.2, 0.25) is 0 Å². The number of carboxylic acids is 1. The van der Waals surface area contributed by atoms with E-state index in [0.29, 0.717) is 25.9 Å². The molecule has 0 aromatic rings. The zero-order chi connectivity index (χ0) is 17.1. The molecular weight excluding hydrogens is 298 g/mol. The first kappa shape index (κ1) is 17.6. The van der Waals surface area contributed by atoms with E-state index in [4.69, 9.17) is 0 Å². The number of nitrogens with zero attached hydrogens (tertiary/aromatic N) is 2. The van der Waals surface area contributed by atoms with E-state index in [1.807, 2.05) is 20.8 Å². The molecule has 7 heteroatoms. The Morgan fingerprint density at radius 3 is 2.52 bits per heavy atom. The molecule has 0 spiro atoms. The molecule has 3 amide bonds. The fraction of sp³-hybridized carbons (Fsp3) is 0.812. The molecule has 23 heavy (non-hydrogen) atoms. The third-order valence-corrected chi connectivity index (χ3v) is 4.53. The highest BCUT2D eigenvalue weighted by Gasteiger charge is 2.40. The average molecular weight is 325 g/mol. The van der Waals surface area contributed by atoms with Crippen LogP contribution >= 0.6 is 0 Å². The summed E-state index contributed by atoms with van der Waals surface area (Å²) in [5, 5.41) is 12.1. The molecule has 2 fully saturated rings. The van der Waals surface area contributed by atoms with E-state index in [1.165, 1.54) is 0 Å². The number of hydrogen-bond acceptors (Lipinski definition) is 3. The van der Waals surface area contributed by atoms with Crippen LogP contribution in [0, 0.1) is 11.8 Å². The Kier molecular flexibility index (Phi) is 5.49. The molecule has 0 saturated carbocycles. The molecule has 2 aliphatic heterocycles. The van der Waals surface area contributed by atoms with Crippen molar-refractivity contribution in [3.63, 3.8) is 0 Å². The Morgan fingerprint density at radius 1 is 1.22 bits per heavy atom. The van der Waals surface area contributed by atoms with Crippen molar-refractivity contribution >= 4 is 17.9 Å². The predicted octanol–water partition coefficient (Wildman–Crippen LogP) is 1.14. The lowest BCUT2D eigenvalue weighted by molar-refractivity contribution is -0.148. The van der Waals surface area contributed by atoms with Crippen LogP contribution in [0.4, 0.5) is 4.79 Å². The van der Waals surface area contributed by atoms with Crippen molar-refractivity contribution in [3.05, 3.63) is 0 Å². The lowest BCUT2D eigenvalue weighted by Crippen LogP contribution is -2.55.